The van der Waals surface area contributed by atoms with Gasteiger partial charge in [-0.2, -0.15) is 0 Å². The summed E-state index contributed by atoms with van der Waals surface area (Å²) in [6.07, 6.45) is 7.16. The van der Waals surface area contributed by atoms with Crippen molar-refractivity contribution >= 4 is 5.91 Å². The Morgan fingerprint density at radius 3 is 2.53 bits per heavy atom. The van der Waals surface area contributed by atoms with Crippen LogP contribution in [-0.4, -0.2) is 25.7 Å². The van der Waals surface area contributed by atoms with Crippen molar-refractivity contribution in [2.24, 2.45) is 5.92 Å². The lowest BCUT2D eigenvalue weighted by molar-refractivity contribution is -0.125. The number of rotatable bonds is 11. The smallest absolute Gasteiger partial charge is 0.245 e. The van der Waals surface area contributed by atoms with Crippen LogP contribution < -0.4 is 5.32 Å². The number of carbonyl (C=O) groups excluding carboxylic acids is 1. The lowest BCUT2D eigenvalue weighted by Crippen LogP contribution is -2.28. The molecule has 1 N–H and O–H groups in total. The Hall–Kier alpha value is -0.570. The van der Waals surface area contributed by atoms with Crippen molar-refractivity contribution in [3.05, 3.63) is 0 Å². The maximum atomic E-state index is 11.3. The zero-order valence-electron chi connectivity index (χ0n) is 11.8. The maximum Gasteiger partial charge on any atom is 0.245 e. The standard InChI is InChI=1S/C14H29NO2/c1-4-11-17-12-14(16)15-10-8-6-5-7-9-13(2)3/h13H,4-12H2,1-3H3,(H,15,16). The Morgan fingerprint density at radius 2 is 1.88 bits per heavy atom. The monoisotopic (exact) mass is 243 g/mol. The summed E-state index contributed by atoms with van der Waals surface area (Å²) in [5, 5.41) is 2.88. The molecular formula is C14H29NO2. The van der Waals surface area contributed by atoms with E-state index in [0.717, 1.165) is 25.3 Å². The van der Waals surface area contributed by atoms with Gasteiger partial charge in [0.1, 0.15) is 6.61 Å². The number of hydrogen-bond acceptors (Lipinski definition) is 2. The van der Waals surface area contributed by atoms with Gasteiger partial charge in [0.05, 0.1) is 0 Å². The highest BCUT2D eigenvalue weighted by Crippen LogP contribution is 2.08. The predicted molar refractivity (Wildman–Crippen MR) is 72.0 cm³/mol. The van der Waals surface area contributed by atoms with Crippen molar-refractivity contribution in [3.8, 4) is 0 Å². The van der Waals surface area contributed by atoms with E-state index in [1.54, 1.807) is 0 Å². The predicted octanol–water partition coefficient (Wildman–Crippen LogP) is 3.14. The molecule has 0 aliphatic heterocycles. The Labute approximate surface area is 106 Å². The lowest BCUT2D eigenvalue weighted by Gasteiger charge is -2.06. The summed E-state index contributed by atoms with van der Waals surface area (Å²) in [6, 6.07) is 0. The summed E-state index contributed by atoms with van der Waals surface area (Å²) >= 11 is 0. The molecular weight excluding hydrogens is 214 g/mol. The molecule has 0 heterocycles. The summed E-state index contributed by atoms with van der Waals surface area (Å²) in [4.78, 5) is 11.3. The molecule has 1 amide bonds. The number of amides is 1. The maximum absolute atomic E-state index is 11.3. The first-order valence-electron chi connectivity index (χ1n) is 7.01. The summed E-state index contributed by atoms with van der Waals surface area (Å²) in [5.74, 6) is 0.825. The van der Waals surface area contributed by atoms with Crippen molar-refractivity contribution in [1.29, 1.82) is 0 Å². The van der Waals surface area contributed by atoms with Crippen LogP contribution in [0.5, 0.6) is 0 Å². The highest BCUT2D eigenvalue weighted by molar-refractivity contribution is 5.77. The second-order valence-corrected chi connectivity index (χ2v) is 5.00. The van der Waals surface area contributed by atoms with Crippen LogP contribution in [0.2, 0.25) is 0 Å². The molecule has 0 fully saturated rings. The van der Waals surface area contributed by atoms with Crippen molar-refractivity contribution in [1.82, 2.24) is 5.32 Å². The molecule has 0 aliphatic rings. The Morgan fingerprint density at radius 1 is 1.18 bits per heavy atom. The number of hydrogen-bond donors (Lipinski definition) is 1. The summed E-state index contributed by atoms with van der Waals surface area (Å²) < 4.78 is 5.15. The van der Waals surface area contributed by atoms with Gasteiger partial charge in [-0.3, -0.25) is 4.79 Å². The first kappa shape index (κ1) is 16.4. The minimum atomic E-state index is 0.0145. The van der Waals surface area contributed by atoms with Crippen LogP contribution in [-0.2, 0) is 9.53 Å². The third kappa shape index (κ3) is 13.4. The number of carbonyl (C=O) groups is 1. The number of nitrogens with one attached hydrogen (secondary N) is 1. The van der Waals surface area contributed by atoms with Gasteiger partial charge in [0.15, 0.2) is 0 Å². The van der Waals surface area contributed by atoms with E-state index in [4.69, 9.17) is 4.74 Å². The highest BCUT2D eigenvalue weighted by atomic mass is 16.5. The average molecular weight is 243 g/mol. The van der Waals surface area contributed by atoms with Crippen molar-refractivity contribution in [3.63, 3.8) is 0 Å². The fourth-order valence-electron chi connectivity index (χ4n) is 1.62. The zero-order chi connectivity index (χ0) is 12.9. The Kier molecular flexibility index (Phi) is 11.5. The Bertz CT molecular complexity index is 181. The summed E-state index contributed by atoms with van der Waals surface area (Å²) in [6.45, 7) is 8.22. The molecule has 102 valence electrons. The topological polar surface area (TPSA) is 38.3 Å². The number of unbranched alkanes of at least 4 members (excludes halogenated alkanes) is 3. The minimum Gasteiger partial charge on any atom is -0.372 e. The molecule has 0 aliphatic carbocycles. The van der Waals surface area contributed by atoms with Crippen LogP contribution in [0.4, 0.5) is 0 Å². The van der Waals surface area contributed by atoms with E-state index in [2.05, 4.69) is 19.2 Å². The molecule has 0 radical (unpaired) electrons. The van der Waals surface area contributed by atoms with Gasteiger partial charge in [0.2, 0.25) is 5.91 Å². The molecule has 0 aromatic carbocycles. The molecule has 0 aromatic heterocycles. The zero-order valence-corrected chi connectivity index (χ0v) is 11.8. The molecule has 0 saturated carbocycles. The van der Waals surface area contributed by atoms with Crippen LogP contribution in [0.15, 0.2) is 0 Å². The summed E-state index contributed by atoms with van der Waals surface area (Å²) in [5.41, 5.74) is 0. The van der Waals surface area contributed by atoms with E-state index in [0.29, 0.717) is 6.61 Å². The van der Waals surface area contributed by atoms with Gasteiger partial charge in [0, 0.05) is 13.2 Å². The SMILES string of the molecule is CCCOCC(=O)NCCCCCCC(C)C. The Balaban J connectivity index is 3.14. The van der Waals surface area contributed by atoms with E-state index < -0.39 is 0 Å². The molecule has 0 unspecified atom stereocenters. The lowest BCUT2D eigenvalue weighted by atomic mass is 10.0. The van der Waals surface area contributed by atoms with Gasteiger partial charge in [0.25, 0.3) is 0 Å². The molecule has 0 aromatic rings. The fourth-order valence-corrected chi connectivity index (χ4v) is 1.62. The molecule has 3 nitrogen and oxygen atoms in total. The minimum absolute atomic E-state index is 0.0145. The van der Waals surface area contributed by atoms with Crippen LogP contribution in [0.25, 0.3) is 0 Å². The van der Waals surface area contributed by atoms with Gasteiger partial charge < -0.3 is 10.1 Å². The summed E-state index contributed by atoms with van der Waals surface area (Å²) in [7, 11) is 0. The van der Waals surface area contributed by atoms with Crippen molar-refractivity contribution in [2.45, 2.75) is 59.3 Å². The van der Waals surface area contributed by atoms with Gasteiger partial charge >= 0.3 is 0 Å². The van der Waals surface area contributed by atoms with Crippen molar-refractivity contribution in [2.75, 3.05) is 19.8 Å². The molecule has 0 atom stereocenters. The first-order chi connectivity index (χ1) is 8.16. The quantitative estimate of drug-likeness (QED) is 0.566. The molecule has 3 heteroatoms. The van der Waals surface area contributed by atoms with Gasteiger partial charge in [-0.05, 0) is 18.8 Å². The van der Waals surface area contributed by atoms with E-state index in [9.17, 15) is 4.79 Å². The fraction of sp³-hybridized carbons (Fsp3) is 0.929. The average Bonchev–Trinajstić information content (AvgIpc) is 2.28. The van der Waals surface area contributed by atoms with E-state index in [1.807, 2.05) is 6.92 Å². The third-order valence-electron chi connectivity index (χ3n) is 2.61. The van der Waals surface area contributed by atoms with Crippen LogP contribution in [0.3, 0.4) is 0 Å². The molecule has 0 saturated heterocycles. The van der Waals surface area contributed by atoms with Gasteiger partial charge in [-0.1, -0.05) is 46.5 Å². The molecule has 17 heavy (non-hydrogen) atoms. The molecule has 0 spiro atoms. The first-order valence-corrected chi connectivity index (χ1v) is 7.01. The molecule has 0 rings (SSSR count). The van der Waals surface area contributed by atoms with Crippen LogP contribution in [0, 0.1) is 5.92 Å². The van der Waals surface area contributed by atoms with Gasteiger partial charge in [-0.25, -0.2) is 0 Å². The van der Waals surface area contributed by atoms with Crippen LogP contribution >= 0.6 is 0 Å². The second kappa shape index (κ2) is 11.9. The largest absolute Gasteiger partial charge is 0.372 e. The van der Waals surface area contributed by atoms with Gasteiger partial charge in [-0.15, -0.1) is 0 Å². The number of ether oxygens (including phenoxy) is 1. The highest BCUT2D eigenvalue weighted by Gasteiger charge is 1.99. The van der Waals surface area contributed by atoms with E-state index >= 15 is 0 Å². The van der Waals surface area contributed by atoms with E-state index in [-0.39, 0.29) is 12.5 Å². The molecule has 0 bridgehead atoms. The van der Waals surface area contributed by atoms with E-state index in [1.165, 1.54) is 25.7 Å². The normalized spacial score (nSPS) is 10.8. The second-order valence-electron chi connectivity index (χ2n) is 5.00. The van der Waals surface area contributed by atoms with Crippen molar-refractivity contribution < 1.29 is 9.53 Å². The third-order valence-corrected chi connectivity index (χ3v) is 2.61. The van der Waals surface area contributed by atoms with Crippen LogP contribution in [0.1, 0.15) is 59.3 Å².